The molecule has 0 saturated carbocycles. The van der Waals surface area contributed by atoms with E-state index in [4.69, 9.17) is 16.3 Å². The number of halogens is 1. The largest absolute Gasteiger partial charge is 0.462 e. The number of Topliss-reactive ketones (excluding diaryl/α,β-unsaturated/α-hetero) is 1. The summed E-state index contributed by atoms with van der Waals surface area (Å²) in [6, 6.07) is 12.4. The lowest BCUT2D eigenvalue weighted by atomic mass is 10.1. The number of carbonyl (C=O) groups is 4. The summed E-state index contributed by atoms with van der Waals surface area (Å²) in [5.74, 6) is -1.86. The van der Waals surface area contributed by atoms with Crippen molar-refractivity contribution in [1.82, 2.24) is 0 Å². The number of hydrogen-bond donors (Lipinski definition) is 1. The highest BCUT2D eigenvalue weighted by Gasteiger charge is 2.39. The average molecular weight is 427 g/mol. The summed E-state index contributed by atoms with van der Waals surface area (Å²) >= 11 is 6.12. The van der Waals surface area contributed by atoms with Gasteiger partial charge in [0.2, 0.25) is 0 Å². The van der Waals surface area contributed by atoms with Crippen molar-refractivity contribution in [1.29, 1.82) is 0 Å². The van der Waals surface area contributed by atoms with Gasteiger partial charge in [-0.3, -0.25) is 14.4 Å². The van der Waals surface area contributed by atoms with Crippen LogP contribution >= 0.6 is 11.6 Å². The molecule has 0 bridgehead atoms. The Morgan fingerprint density at radius 2 is 1.57 bits per heavy atom. The number of rotatable bonds is 7. The second-order valence-corrected chi connectivity index (χ2v) is 6.95. The topological polar surface area (TPSA) is 92.8 Å². The van der Waals surface area contributed by atoms with Crippen molar-refractivity contribution in [3.05, 3.63) is 70.4 Å². The van der Waals surface area contributed by atoms with Crippen LogP contribution in [0.5, 0.6) is 0 Å². The van der Waals surface area contributed by atoms with E-state index in [1.165, 1.54) is 31.2 Å². The third-order valence-electron chi connectivity index (χ3n) is 4.39. The van der Waals surface area contributed by atoms with Gasteiger partial charge in [-0.05, 0) is 61.9 Å². The summed E-state index contributed by atoms with van der Waals surface area (Å²) in [5.41, 5.74) is 1.55. The van der Waals surface area contributed by atoms with Gasteiger partial charge in [-0.2, -0.15) is 0 Å². The van der Waals surface area contributed by atoms with Crippen molar-refractivity contribution in [2.45, 2.75) is 20.3 Å². The van der Waals surface area contributed by atoms with Crippen LogP contribution in [0.4, 0.5) is 11.4 Å². The van der Waals surface area contributed by atoms with E-state index < -0.39 is 17.8 Å². The molecule has 1 N–H and O–H groups in total. The number of esters is 1. The number of ketones is 1. The summed E-state index contributed by atoms with van der Waals surface area (Å²) < 4.78 is 5.06. The zero-order valence-electron chi connectivity index (χ0n) is 16.4. The lowest BCUT2D eigenvalue weighted by Crippen LogP contribution is -2.32. The summed E-state index contributed by atoms with van der Waals surface area (Å²) in [4.78, 5) is 49.6. The highest BCUT2D eigenvalue weighted by atomic mass is 35.5. The molecule has 2 aromatic rings. The van der Waals surface area contributed by atoms with E-state index in [1.54, 1.807) is 24.3 Å². The molecule has 1 aliphatic rings. The summed E-state index contributed by atoms with van der Waals surface area (Å²) in [5, 5.41) is 2.59. The smallest absolute Gasteiger partial charge is 0.338 e. The van der Waals surface area contributed by atoms with Crippen LogP contribution in [-0.4, -0.2) is 30.2 Å². The maximum Gasteiger partial charge on any atom is 0.338 e. The predicted octanol–water partition coefficient (Wildman–Crippen LogP) is 3.89. The third kappa shape index (κ3) is 4.26. The van der Waals surface area contributed by atoms with Crippen molar-refractivity contribution in [3.63, 3.8) is 0 Å². The van der Waals surface area contributed by atoms with Gasteiger partial charge in [0.1, 0.15) is 10.7 Å². The molecule has 0 unspecified atom stereocenters. The Kier molecular flexibility index (Phi) is 6.32. The molecule has 3 rings (SSSR count). The van der Waals surface area contributed by atoms with E-state index in [-0.39, 0.29) is 22.2 Å². The molecule has 0 aromatic heterocycles. The molecule has 1 heterocycles. The Balaban J connectivity index is 1.78. The number of ether oxygens (including phenoxy) is 1. The van der Waals surface area contributed by atoms with Gasteiger partial charge in [0, 0.05) is 11.3 Å². The molecule has 0 radical (unpaired) electrons. The maximum absolute atomic E-state index is 12.8. The molecule has 1 aliphatic heterocycles. The summed E-state index contributed by atoms with van der Waals surface area (Å²) in [7, 11) is 0. The SMILES string of the molecule is CCCOC(=O)c1ccc(N2C(=O)C(Cl)=C(Nc3ccc(C(C)=O)cc3)C2=O)cc1. The van der Waals surface area contributed by atoms with Crippen LogP contribution in [0, 0.1) is 0 Å². The summed E-state index contributed by atoms with van der Waals surface area (Å²) in [6.07, 6.45) is 0.706. The maximum atomic E-state index is 12.8. The monoisotopic (exact) mass is 426 g/mol. The second-order valence-electron chi connectivity index (χ2n) is 6.58. The Morgan fingerprint density at radius 1 is 0.967 bits per heavy atom. The molecule has 8 heteroatoms. The van der Waals surface area contributed by atoms with E-state index >= 15 is 0 Å². The quantitative estimate of drug-likeness (QED) is 0.410. The fraction of sp³-hybridized carbons (Fsp3) is 0.182. The van der Waals surface area contributed by atoms with Crippen LogP contribution in [0.25, 0.3) is 0 Å². The zero-order chi connectivity index (χ0) is 21.8. The Hall–Kier alpha value is -3.45. The molecule has 0 fully saturated rings. The number of imide groups is 1. The Morgan fingerprint density at radius 3 is 2.13 bits per heavy atom. The summed E-state index contributed by atoms with van der Waals surface area (Å²) in [6.45, 7) is 3.65. The molecular weight excluding hydrogens is 408 g/mol. The van der Waals surface area contributed by atoms with Gasteiger partial charge >= 0.3 is 5.97 Å². The van der Waals surface area contributed by atoms with Crippen LogP contribution in [0.2, 0.25) is 0 Å². The number of benzene rings is 2. The second kappa shape index (κ2) is 8.92. The first-order valence-corrected chi connectivity index (χ1v) is 9.65. The van der Waals surface area contributed by atoms with Gasteiger partial charge in [0.15, 0.2) is 5.78 Å². The first-order chi connectivity index (χ1) is 14.3. The first-order valence-electron chi connectivity index (χ1n) is 9.27. The van der Waals surface area contributed by atoms with E-state index in [2.05, 4.69) is 5.32 Å². The fourth-order valence-electron chi connectivity index (χ4n) is 2.80. The molecule has 7 nitrogen and oxygen atoms in total. The minimum atomic E-state index is -0.675. The minimum absolute atomic E-state index is 0.0660. The third-order valence-corrected chi connectivity index (χ3v) is 4.74. The van der Waals surface area contributed by atoms with Crippen LogP contribution in [-0.2, 0) is 14.3 Å². The molecule has 0 saturated heterocycles. The van der Waals surface area contributed by atoms with Crippen molar-refractivity contribution in [2.75, 3.05) is 16.8 Å². The van der Waals surface area contributed by atoms with Crippen molar-refractivity contribution in [2.24, 2.45) is 0 Å². The number of nitrogens with one attached hydrogen (secondary N) is 1. The van der Waals surface area contributed by atoms with Crippen LogP contribution in [0.1, 0.15) is 41.0 Å². The average Bonchev–Trinajstić information content (AvgIpc) is 2.95. The van der Waals surface area contributed by atoms with E-state index in [0.717, 1.165) is 4.90 Å². The zero-order valence-corrected chi connectivity index (χ0v) is 17.2. The van der Waals surface area contributed by atoms with Crippen LogP contribution in [0.3, 0.4) is 0 Å². The molecule has 0 atom stereocenters. The lowest BCUT2D eigenvalue weighted by Gasteiger charge is -2.15. The van der Waals surface area contributed by atoms with Crippen LogP contribution < -0.4 is 10.2 Å². The van der Waals surface area contributed by atoms with E-state index in [9.17, 15) is 19.2 Å². The van der Waals surface area contributed by atoms with Gasteiger partial charge in [0.25, 0.3) is 11.8 Å². The van der Waals surface area contributed by atoms with Crippen LogP contribution in [0.15, 0.2) is 59.3 Å². The molecule has 154 valence electrons. The molecule has 2 aromatic carbocycles. The molecule has 30 heavy (non-hydrogen) atoms. The van der Waals surface area contributed by atoms with Gasteiger partial charge in [-0.15, -0.1) is 0 Å². The molecule has 0 spiro atoms. The lowest BCUT2D eigenvalue weighted by molar-refractivity contribution is -0.120. The van der Waals surface area contributed by atoms with Gasteiger partial charge in [-0.25, -0.2) is 9.69 Å². The Bertz CT molecular complexity index is 1040. The van der Waals surface area contributed by atoms with E-state index in [0.29, 0.717) is 29.8 Å². The van der Waals surface area contributed by atoms with Gasteiger partial charge in [-0.1, -0.05) is 18.5 Å². The number of carbonyl (C=O) groups excluding carboxylic acids is 4. The van der Waals surface area contributed by atoms with Gasteiger partial charge < -0.3 is 10.1 Å². The minimum Gasteiger partial charge on any atom is -0.462 e. The standard InChI is InChI=1S/C22H19ClN2O5/c1-3-12-30-22(29)15-6-10-17(11-7-15)25-20(27)18(23)19(21(25)28)24-16-8-4-14(5-9-16)13(2)26/h4-11,24H,3,12H2,1-2H3. The van der Waals surface area contributed by atoms with Crippen molar-refractivity contribution >= 4 is 46.5 Å². The number of nitrogens with zero attached hydrogens (tertiary/aromatic N) is 1. The molecule has 0 aliphatic carbocycles. The number of anilines is 2. The number of amides is 2. The predicted molar refractivity (Wildman–Crippen MR) is 112 cm³/mol. The number of hydrogen-bond acceptors (Lipinski definition) is 6. The fourth-order valence-corrected chi connectivity index (χ4v) is 3.02. The normalized spacial score (nSPS) is 13.6. The highest BCUT2D eigenvalue weighted by molar-refractivity contribution is 6.53. The highest BCUT2D eigenvalue weighted by Crippen LogP contribution is 2.30. The molecular formula is C22H19ClN2O5. The van der Waals surface area contributed by atoms with Gasteiger partial charge in [0.05, 0.1) is 17.9 Å². The van der Waals surface area contributed by atoms with Crippen molar-refractivity contribution < 1.29 is 23.9 Å². The first kappa shape index (κ1) is 21.3. The van der Waals surface area contributed by atoms with E-state index in [1.807, 2.05) is 6.92 Å². The molecule has 2 amide bonds. The van der Waals surface area contributed by atoms with Crippen molar-refractivity contribution in [3.8, 4) is 0 Å². The Labute approximate surface area is 178 Å².